The second kappa shape index (κ2) is 2.69. The van der Waals surface area contributed by atoms with E-state index in [0.717, 1.165) is 0 Å². The van der Waals surface area contributed by atoms with E-state index in [9.17, 15) is 9.36 Å². The molecule has 0 aromatic carbocycles. The lowest BCUT2D eigenvalue weighted by molar-refractivity contribution is -0.116. The molecule has 1 atom stereocenters. The van der Waals surface area contributed by atoms with Crippen molar-refractivity contribution in [1.82, 2.24) is 0 Å². The lowest BCUT2D eigenvalue weighted by Crippen LogP contribution is -2.08. The zero-order chi connectivity index (χ0) is 7.61. The number of hydrogen-bond acceptors (Lipinski definition) is 3. The summed E-state index contributed by atoms with van der Waals surface area (Å²) < 4.78 is 16.1. The molecule has 0 N–H and O–H groups in total. The van der Waals surface area contributed by atoms with Crippen LogP contribution in [0.1, 0.15) is 6.92 Å². The molecule has 0 bridgehead atoms. The van der Waals surface area contributed by atoms with Gasteiger partial charge in [0.05, 0.1) is 0 Å². The summed E-state index contributed by atoms with van der Waals surface area (Å²) in [5.74, 6) is 1.28. The van der Waals surface area contributed by atoms with Crippen molar-refractivity contribution in [3.05, 3.63) is 11.9 Å². The van der Waals surface area contributed by atoms with E-state index in [1.54, 1.807) is 6.92 Å². The SMILES string of the molecule is CCP1(=O)C=CC(=O)CO1. The molecule has 1 aliphatic heterocycles. The van der Waals surface area contributed by atoms with Crippen LogP contribution in [-0.2, 0) is 13.9 Å². The number of ketones is 1. The largest absolute Gasteiger partial charge is 0.317 e. The first-order chi connectivity index (χ1) is 4.66. The first-order valence-corrected chi connectivity index (χ1v) is 4.99. The van der Waals surface area contributed by atoms with Gasteiger partial charge in [-0.25, -0.2) is 0 Å². The van der Waals surface area contributed by atoms with Crippen molar-refractivity contribution >= 4 is 13.2 Å². The van der Waals surface area contributed by atoms with Gasteiger partial charge < -0.3 is 4.52 Å². The molecule has 10 heavy (non-hydrogen) atoms. The maximum atomic E-state index is 11.3. The fourth-order valence-electron chi connectivity index (χ4n) is 0.657. The van der Waals surface area contributed by atoms with E-state index in [1.165, 1.54) is 11.9 Å². The summed E-state index contributed by atoms with van der Waals surface area (Å²) in [6, 6.07) is 0. The quantitative estimate of drug-likeness (QED) is 0.544. The van der Waals surface area contributed by atoms with E-state index in [4.69, 9.17) is 4.52 Å². The highest BCUT2D eigenvalue weighted by molar-refractivity contribution is 7.62. The van der Waals surface area contributed by atoms with Crippen molar-refractivity contribution < 1.29 is 13.9 Å². The van der Waals surface area contributed by atoms with Crippen molar-refractivity contribution in [3.63, 3.8) is 0 Å². The number of carbonyl (C=O) groups excluding carboxylic acids is 1. The van der Waals surface area contributed by atoms with Crippen LogP contribution in [0, 0.1) is 0 Å². The second-order valence-corrected chi connectivity index (χ2v) is 4.74. The van der Waals surface area contributed by atoms with Gasteiger partial charge in [0.1, 0.15) is 6.61 Å². The van der Waals surface area contributed by atoms with Gasteiger partial charge in [-0.2, -0.15) is 0 Å². The van der Waals surface area contributed by atoms with Gasteiger partial charge >= 0.3 is 0 Å². The number of hydrogen-bond donors (Lipinski definition) is 0. The fraction of sp³-hybridized carbons (Fsp3) is 0.500. The molecule has 56 valence electrons. The predicted molar refractivity (Wildman–Crippen MR) is 38.2 cm³/mol. The van der Waals surface area contributed by atoms with Crippen LogP contribution >= 0.6 is 7.37 Å². The highest BCUT2D eigenvalue weighted by Crippen LogP contribution is 2.49. The molecule has 0 aromatic heterocycles. The van der Waals surface area contributed by atoms with E-state index < -0.39 is 7.37 Å². The molecule has 0 saturated heterocycles. The highest BCUT2D eigenvalue weighted by atomic mass is 31.2. The zero-order valence-corrected chi connectivity index (χ0v) is 6.64. The maximum Gasteiger partial charge on any atom is 0.225 e. The molecular weight excluding hydrogens is 151 g/mol. The van der Waals surface area contributed by atoms with E-state index in [1.807, 2.05) is 0 Å². The molecule has 0 radical (unpaired) electrons. The Kier molecular flexibility index (Phi) is 2.07. The Morgan fingerprint density at radius 3 is 2.90 bits per heavy atom. The first-order valence-electron chi connectivity index (χ1n) is 3.12. The zero-order valence-electron chi connectivity index (χ0n) is 5.74. The van der Waals surface area contributed by atoms with Crippen LogP contribution in [0.4, 0.5) is 0 Å². The molecule has 3 nitrogen and oxygen atoms in total. The molecule has 1 rings (SSSR count). The van der Waals surface area contributed by atoms with E-state index in [2.05, 4.69) is 0 Å². The van der Waals surface area contributed by atoms with Gasteiger partial charge in [0, 0.05) is 12.0 Å². The van der Waals surface area contributed by atoms with Gasteiger partial charge in [0.2, 0.25) is 7.37 Å². The minimum atomic E-state index is -2.53. The van der Waals surface area contributed by atoms with E-state index in [0.29, 0.717) is 6.16 Å². The molecule has 0 spiro atoms. The average Bonchev–Trinajstić information content (AvgIpc) is 1.96. The second-order valence-electron chi connectivity index (χ2n) is 2.10. The van der Waals surface area contributed by atoms with Crippen LogP contribution in [0.25, 0.3) is 0 Å². The summed E-state index contributed by atoms with van der Waals surface area (Å²) in [6.45, 7) is 1.75. The van der Waals surface area contributed by atoms with E-state index in [-0.39, 0.29) is 12.4 Å². The monoisotopic (exact) mass is 160 g/mol. The molecule has 0 amide bonds. The van der Waals surface area contributed by atoms with Crippen molar-refractivity contribution in [3.8, 4) is 0 Å². The van der Waals surface area contributed by atoms with Crippen LogP contribution in [0.5, 0.6) is 0 Å². The molecular formula is C6H9O3P. The molecule has 1 heterocycles. The maximum absolute atomic E-state index is 11.3. The molecule has 0 aromatic rings. The fourth-order valence-corrected chi connectivity index (χ4v) is 1.88. The van der Waals surface area contributed by atoms with Gasteiger partial charge in [-0.15, -0.1) is 0 Å². The standard InChI is InChI=1S/C6H9O3P/c1-2-10(8)4-3-6(7)5-9-10/h3-4H,2,5H2,1H3. The lowest BCUT2D eigenvalue weighted by Gasteiger charge is -2.14. The smallest absolute Gasteiger partial charge is 0.225 e. The summed E-state index contributed by atoms with van der Waals surface area (Å²) in [4.78, 5) is 10.5. The summed E-state index contributed by atoms with van der Waals surface area (Å²) in [5.41, 5.74) is 0. The van der Waals surface area contributed by atoms with Gasteiger partial charge in [-0.05, 0) is 6.08 Å². The first kappa shape index (κ1) is 7.70. The van der Waals surface area contributed by atoms with Crippen LogP contribution in [-0.4, -0.2) is 18.6 Å². The molecule has 1 unspecified atom stereocenters. The summed E-state index contributed by atoms with van der Waals surface area (Å²) in [7, 11) is -2.53. The molecule has 1 aliphatic rings. The Labute approximate surface area is 59.5 Å². The van der Waals surface area contributed by atoms with Crippen LogP contribution in [0.3, 0.4) is 0 Å². The lowest BCUT2D eigenvalue weighted by atomic mass is 10.4. The number of rotatable bonds is 1. The van der Waals surface area contributed by atoms with E-state index >= 15 is 0 Å². The Morgan fingerprint density at radius 1 is 1.80 bits per heavy atom. The van der Waals surface area contributed by atoms with Crippen LogP contribution in [0.2, 0.25) is 0 Å². The summed E-state index contributed by atoms with van der Waals surface area (Å²) in [5, 5.41) is 0. The topological polar surface area (TPSA) is 43.4 Å². The third-order valence-electron chi connectivity index (χ3n) is 1.35. The van der Waals surface area contributed by atoms with Crippen LogP contribution < -0.4 is 0 Å². The Hall–Kier alpha value is -0.400. The highest BCUT2D eigenvalue weighted by Gasteiger charge is 2.21. The van der Waals surface area contributed by atoms with Gasteiger partial charge in [-0.1, -0.05) is 6.92 Å². The summed E-state index contributed by atoms with van der Waals surface area (Å²) in [6.07, 6.45) is 1.81. The van der Waals surface area contributed by atoms with Gasteiger partial charge in [0.25, 0.3) is 0 Å². The van der Waals surface area contributed by atoms with Crippen molar-refractivity contribution in [1.29, 1.82) is 0 Å². The summed E-state index contributed by atoms with van der Waals surface area (Å²) >= 11 is 0. The van der Waals surface area contributed by atoms with Crippen LogP contribution in [0.15, 0.2) is 11.9 Å². The Morgan fingerprint density at radius 2 is 2.50 bits per heavy atom. The minimum Gasteiger partial charge on any atom is -0.317 e. The Balaban J connectivity index is 2.78. The third kappa shape index (κ3) is 1.55. The normalized spacial score (nSPS) is 32.7. The van der Waals surface area contributed by atoms with Crippen molar-refractivity contribution in [2.45, 2.75) is 6.92 Å². The third-order valence-corrected chi connectivity index (χ3v) is 3.40. The predicted octanol–water partition coefficient (Wildman–Crippen LogP) is 1.40. The molecule has 0 fully saturated rings. The average molecular weight is 160 g/mol. The molecule has 4 heteroatoms. The molecule has 0 aliphatic carbocycles. The van der Waals surface area contributed by atoms with Crippen molar-refractivity contribution in [2.24, 2.45) is 0 Å². The number of carbonyl (C=O) groups is 1. The van der Waals surface area contributed by atoms with Crippen molar-refractivity contribution in [2.75, 3.05) is 12.8 Å². The Bertz CT molecular complexity index is 219. The minimum absolute atomic E-state index is 0.0262. The molecule has 0 saturated carbocycles. The van der Waals surface area contributed by atoms with Gasteiger partial charge in [-0.3, -0.25) is 9.36 Å². The van der Waals surface area contributed by atoms with Gasteiger partial charge in [0.15, 0.2) is 5.78 Å².